The molecule has 0 aliphatic rings. The Morgan fingerprint density at radius 2 is 2.00 bits per heavy atom. The molecule has 0 spiro atoms. The lowest BCUT2D eigenvalue weighted by Crippen LogP contribution is -2.27. The Kier molecular flexibility index (Phi) is 4.91. The molecule has 0 saturated carbocycles. The third-order valence-corrected chi connectivity index (χ3v) is 2.44. The van der Waals surface area contributed by atoms with Crippen LogP contribution < -0.4 is 5.32 Å². The van der Waals surface area contributed by atoms with E-state index >= 15 is 0 Å². The second-order valence-electron chi connectivity index (χ2n) is 3.83. The van der Waals surface area contributed by atoms with Crippen LogP contribution in [0.1, 0.15) is 5.56 Å². The van der Waals surface area contributed by atoms with Gasteiger partial charge in [-0.05, 0) is 19.0 Å². The zero-order valence-corrected chi connectivity index (χ0v) is 9.66. The summed E-state index contributed by atoms with van der Waals surface area (Å²) in [5.41, 5.74) is 2.45. The van der Waals surface area contributed by atoms with Gasteiger partial charge in [-0.25, -0.2) is 0 Å². The summed E-state index contributed by atoms with van der Waals surface area (Å²) in [6.07, 6.45) is 1.09. The Morgan fingerprint density at radius 1 is 1.33 bits per heavy atom. The minimum absolute atomic E-state index is 0.906. The van der Waals surface area contributed by atoms with E-state index in [0.717, 1.165) is 25.2 Å². The van der Waals surface area contributed by atoms with Gasteiger partial charge in [0.1, 0.15) is 0 Å². The molecule has 0 saturated heterocycles. The van der Waals surface area contributed by atoms with Gasteiger partial charge in [-0.3, -0.25) is 0 Å². The van der Waals surface area contributed by atoms with E-state index in [0.29, 0.717) is 0 Å². The van der Waals surface area contributed by atoms with Crippen LogP contribution in [0.3, 0.4) is 0 Å². The van der Waals surface area contributed by atoms with Crippen molar-refractivity contribution in [2.24, 2.45) is 0 Å². The van der Waals surface area contributed by atoms with E-state index in [-0.39, 0.29) is 0 Å². The summed E-state index contributed by atoms with van der Waals surface area (Å²) in [4.78, 5) is 2.27. The van der Waals surface area contributed by atoms with Crippen LogP contribution in [-0.4, -0.2) is 32.1 Å². The predicted octanol–water partition coefficient (Wildman–Crippen LogP) is 1.89. The van der Waals surface area contributed by atoms with E-state index in [2.05, 4.69) is 54.2 Å². The highest BCUT2D eigenvalue weighted by atomic mass is 15.1. The predicted molar refractivity (Wildman–Crippen MR) is 65.8 cm³/mol. The molecule has 1 aromatic rings. The first-order valence-electron chi connectivity index (χ1n) is 5.30. The summed E-state index contributed by atoms with van der Waals surface area (Å²) in [6, 6.07) is 10.6. The van der Waals surface area contributed by atoms with Gasteiger partial charge in [-0.1, -0.05) is 36.9 Å². The molecule has 0 fully saturated rings. The van der Waals surface area contributed by atoms with Gasteiger partial charge in [-0.2, -0.15) is 0 Å². The highest BCUT2D eigenvalue weighted by Gasteiger charge is 2.00. The largest absolute Gasteiger partial charge is 0.391 e. The molecule has 2 heteroatoms. The van der Waals surface area contributed by atoms with Crippen molar-refractivity contribution >= 4 is 0 Å². The Morgan fingerprint density at radius 3 is 2.60 bits per heavy atom. The normalized spacial score (nSPS) is 10.3. The average Bonchev–Trinajstić information content (AvgIpc) is 2.27. The highest BCUT2D eigenvalue weighted by Crippen LogP contribution is 2.01. The Bertz CT molecular complexity index is 293. The van der Waals surface area contributed by atoms with Crippen molar-refractivity contribution in [3.05, 3.63) is 48.2 Å². The van der Waals surface area contributed by atoms with Crippen molar-refractivity contribution in [2.75, 3.05) is 27.2 Å². The average molecular weight is 204 g/mol. The van der Waals surface area contributed by atoms with E-state index < -0.39 is 0 Å². The van der Waals surface area contributed by atoms with E-state index in [1.165, 1.54) is 5.56 Å². The first-order chi connectivity index (χ1) is 7.22. The van der Waals surface area contributed by atoms with Crippen molar-refractivity contribution in [1.29, 1.82) is 0 Å². The summed E-state index contributed by atoms with van der Waals surface area (Å²) in [5, 5.41) is 3.06. The summed E-state index contributed by atoms with van der Waals surface area (Å²) in [5.74, 6) is 0. The molecule has 0 unspecified atom stereocenters. The monoisotopic (exact) mass is 204 g/mol. The zero-order chi connectivity index (χ0) is 11.1. The van der Waals surface area contributed by atoms with Crippen LogP contribution in [0.15, 0.2) is 42.6 Å². The van der Waals surface area contributed by atoms with Crippen molar-refractivity contribution in [3.8, 4) is 0 Å². The number of nitrogens with zero attached hydrogens (tertiary/aromatic N) is 1. The Balaban J connectivity index is 2.28. The molecule has 1 aromatic carbocycles. The van der Waals surface area contributed by atoms with Crippen LogP contribution in [-0.2, 0) is 6.42 Å². The van der Waals surface area contributed by atoms with Gasteiger partial charge in [0.05, 0.1) is 0 Å². The number of hydrogen-bond donors (Lipinski definition) is 1. The zero-order valence-electron chi connectivity index (χ0n) is 9.66. The van der Waals surface area contributed by atoms with Gasteiger partial charge in [-0.15, -0.1) is 0 Å². The first-order valence-corrected chi connectivity index (χ1v) is 5.30. The summed E-state index contributed by atoms with van der Waals surface area (Å²) < 4.78 is 0. The fourth-order valence-corrected chi connectivity index (χ4v) is 1.45. The molecule has 82 valence electrons. The van der Waals surface area contributed by atoms with E-state index in [9.17, 15) is 0 Å². The standard InChI is InChI=1S/C13H20N2/c1-12(14-2)11-15(3)10-9-13-7-5-4-6-8-13/h4-8,14H,1,9-11H2,2-3H3. The van der Waals surface area contributed by atoms with Crippen LogP contribution in [0.4, 0.5) is 0 Å². The molecule has 2 nitrogen and oxygen atoms in total. The number of rotatable bonds is 6. The van der Waals surface area contributed by atoms with Gasteiger partial charge in [0, 0.05) is 25.8 Å². The molecule has 0 heterocycles. The molecule has 0 atom stereocenters. The number of likely N-dealkylation sites (N-methyl/N-ethyl adjacent to an activating group) is 2. The van der Waals surface area contributed by atoms with Crippen molar-refractivity contribution in [2.45, 2.75) is 6.42 Å². The lowest BCUT2D eigenvalue weighted by molar-refractivity contribution is 0.361. The number of benzene rings is 1. The van der Waals surface area contributed by atoms with E-state index in [4.69, 9.17) is 0 Å². The maximum Gasteiger partial charge on any atom is 0.0372 e. The molecule has 0 aliphatic heterocycles. The molecule has 0 radical (unpaired) electrons. The van der Waals surface area contributed by atoms with Gasteiger partial charge >= 0.3 is 0 Å². The Labute approximate surface area is 92.6 Å². The van der Waals surface area contributed by atoms with Crippen LogP contribution in [0.2, 0.25) is 0 Å². The van der Waals surface area contributed by atoms with E-state index in [1.807, 2.05) is 7.05 Å². The van der Waals surface area contributed by atoms with Gasteiger partial charge < -0.3 is 10.2 Å². The molecule has 0 amide bonds. The fourth-order valence-electron chi connectivity index (χ4n) is 1.45. The van der Waals surface area contributed by atoms with Crippen molar-refractivity contribution in [3.63, 3.8) is 0 Å². The lowest BCUT2D eigenvalue weighted by Gasteiger charge is -2.17. The smallest absolute Gasteiger partial charge is 0.0372 e. The van der Waals surface area contributed by atoms with Gasteiger partial charge in [0.15, 0.2) is 0 Å². The minimum Gasteiger partial charge on any atom is -0.391 e. The first kappa shape index (κ1) is 11.8. The van der Waals surface area contributed by atoms with Crippen LogP contribution >= 0.6 is 0 Å². The fraction of sp³-hybridized carbons (Fsp3) is 0.385. The van der Waals surface area contributed by atoms with Gasteiger partial charge in [0.25, 0.3) is 0 Å². The molecular weight excluding hydrogens is 184 g/mol. The molecule has 1 N–H and O–H groups in total. The van der Waals surface area contributed by atoms with Crippen molar-refractivity contribution in [1.82, 2.24) is 10.2 Å². The molecule has 0 bridgehead atoms. The van der Waals surface area contributed by atoms with Crippen LogP contribution in [0.5, 0.6) is 0 Å². The Hall–Kier alpha value is -1.28. The van der Waals surface area contributed by atoms with Crippen LogP contribution in [0.25, 0.3) is 0 Å². The van der Waals surface area contributed by atoms with Crippen molar-refractivity contribution < 1.29 is 0 Å². The number of hydrogen-bond acceptors (Lipinski definition) is 2. The van der Waals surface area contributed by atoms with Crippen LogP contribution in [0, 0.1) is 0 Å². The third kappa shape index (κ3) is 4.66. The molecule has 15 heavy (non-hydrogen) atoms. The molecule has 0 aliphatic carbocycles. The SMILES string of the molecule is C=C(CN(C)CCc1ccccc1)NC. The number of nitrogens with one attached hydrogen (secondary N) is 1. The quantitative estimate of drug-likeness (QED) is 0.761. The topological polar surface area (TPSA) is 15.3 Å². The summed E-state index contributed by atoms with van der Waals surface area (Å²) >= 11 is 0. The second-order valence-corrected chi connectivity index (χ2v) is 3.83. The maximum atomic E-state index is 3.92. The summed E-state index contributed by atoms with van der Waals surface area (Å²) in [6.45, 7) is 5.88. The highest BCUT2D eigenvalue weighted by molar-refractivity contribution is 5.14. The third-order valence-electron chi connectivity index (χ3n) is 2.44. The molecule has 0 aromatic heterocycles. The molecular formula is C13H20N2. The maximum absolute atomic E-state index is 3.92. The summed E-state index contributed by atoms with van der Waals surface area (Å²) in [7, 11) is 4.03. The van der Waals surface area contributed by atoms with Gasteiger partial charge in [0.2, 0.25) is 0 Å². The molecule has 1 rings (SSSR count). The lowest BCUT2D eigenvalue weighted by atomic mass is 10.1. The van der Waals surface area contributed by atoms with E-state index in [1.54, 1.807) is 0 Å². The minimum atomic E-state index is 0.906. The second kappa shape index (κ2) is 6.25.